The largest absolute Gasteiger partial charge is 0.480 e. The summed E-state index contributed by atoms with van der Waals surface area (Å²) in [4.78, 5) is 39.1. The van der Waals surface area contributed by atoms with Crippen molar-refractivity contribution in [2.75, 3.05) is 19.7 Å². The van der Waals surface area contributed by atoms with E-state index in [1.165, 1.54) is 16.0 Å². The van der Waals surface area contributed by atoms with Crippen LogP contribution in [-0.2, 0) is 20.9 Å². The number of nitrogens with zero attached hydrogens (tertiary/aromatic N) is 1. The maximum Gasteiger partial charge on any atom is 0.407 e. The molecule has 0 bridgehead atoms. The van der Waals surface area contributed by atoms with E-state index in [9.17, 15) is 19.5 Å². The number of carboxylic acid groups (broad SMARTS) is 1. The molecule has 1 atom stereocenters. The summed E-state index contributed by atoms with van der Waals surface area (Å²) in [6, 6.07) is 25.8. The minimum Gasteiger partial charge on any atom is -0.480 e. The number of aliphatic carboxylic acids is 1. The monoisotopic (exact) mass is 540 g/mol. The van der Waals surface area contributed by atoms with E-state index in [0.717, 1.165) is 42.4 Å². The van der Waals surface area contributed by atoms with E-state index in [-0.39, 0.29) is 43.9 Å². The Morgan fingerprint density at radius 1 is 0.875 bits per heavy atom. The van der Waals surface area contributed by atoms with Crippen molar-refractivity contribution in [2.24, 2.45) is 11.8 Å². The van der Waals surface area contributed by atoms with Crippen LogP contribution in [0.1, 0.15) is 54.7 Å². The molecule has 2 aliphatic rings. The van der Waals surface area contributed by atoms with Gasteiger partial charge in [-0.25, -0.2) is 4.79 Å². The first kappa shape index (κ1) is 27.4. The lowest BCUT2D eigenvalue weighted by Gasteiger charge is -2.27. The average Bonchev–Trinajstić information content (AvgIpc) is 3.61. The van der Waals surface area contributed by atoms with Crippen LogP contribution in [0.4, 0.5) is 4.79 Å². The van der Waals surface area contributed by atoms with Gasteiger partial charge in [-0.2, -0.15) is 0 Å². The second-order valence-electron chi connectivity index (χ2n) is 10.8. The maximum absolute atomic E-state index is 13.3. The van der Waals surface area contributed by atoms with Gasteiger partial charge in [0.2, 0.25) is 5.91 Å². The molecule has 40 heavy (non-hydrogen) atoms. The molecule has 0 aromatic heterocycles. The van der Waals surface area contributed by atoms with E-state index in [1.807, 2.05) is 54.6 Å². The Balaban J connectivity index is 1.20. The van der Waals surface area contributed by atoms with Gasteiger partial charge in [0, 0.05) is 25.4 Å². The van der Waals surface area contributed by atoms with Crippen molar-refractivity contribution in [3.8, 4) is 11.1 Å². The Labute approximate surface area is 235 Å². The molecule has 0 radical (unpaired) electrons. The fourth-order valence-electron chi connectivity index (χ4n) is 6.25. The fraction of sp³-hybridized carbons (Fsp3) is 0.364. The van der Waals surface area contributed by atoms with Gasteiger partial charge in [-0.15, -0.1) is 0 Å². The molecule has 1 unspecified atom stereocenters. The predicted molar refractivity (Wildman–Crippen MR) is 153 cm³/mol. The maximum atomic E-state index is 13.3. The molecule has 1 fully saturated rings. The number of carbonyl (C=O) groups excluding carboxylic acids is 2. The highest BCUT2D eigenvalue weighted by molar-refractivity contribution is 5.82. The van der Waals surface area contributed by atoms with Crippen LogP contribution in [-0.4, -0.2) is 47.7 Å². The highest BCUT2D eigenvalue weighted by Gasteiger charge is 2.31. The van der Waals surface area contributed by atoms with Crippen LogP contribution in [0, 0.1) is 11.8 Å². The van der Waals surface area contributed by atoms with Gasteiger partial charge < -0.3 is 20.1 Å². The molecular formula is C33H36N2O5. The number of nitrogens with one attached hydrogen (secondary N) is 1. The minimum atomic E-state index is -1.04. The van der Waals surface area contributed by atoms with Gasteiger partial charge in [-0.05, 0) is 39.7 Å². The van der Waals surface area contributed by atoms with Crippen LogP contribution >= 0.6 is 0 Å². The molecule has 7 nitrogen and oxygen atoms in total. The smallest absolute Gasteiger partial charge is 0.407 e. The number of rotatable bonds is 11. The lowest BCUT2D eigenvalue weighted by Crippen LogP contribution is -2.40. The van der Waals surface area contributed by atoms with Gasteiger partial charge in [0.05, 0.1) is 0 Å². The molecule has 2 aliphatic carbocycles. The topological polar surface area (TPSA) is 95.9 Å². The third kappa shape index (κ3) is 6.53. The van der Waals surface area contributed by atoms with Crippen molar-refractivity contribution in [1.29, 1.82) is 0 Å². The van der Waals surface area contributed by atoms with Crippen LogP contribution in [0.15, 0.2) is 78.9 Å². The van der Waals surface area contributed by atoms with Crippen molar-refractivity contribution in [3.05, 3.63) is 95.6 Å². The standard InChI is InChI=1S/C33H36N2O5/c36-31(35(21-32(37)38)20-23-10-2-1-3-11-23)18-25(24-12-4-5-13-24)19-34-33(39)40-22-30-28-16-8-6-14-26(28)27-15-7-9-17-29(27)30/h1-3,6-11,14-17,24-25,30H,4-5,12-13,18-22H2,(H,34,39)(H,37,38). The summed E-state index contributed by atoms with van der Waals surface area (Å²) >= 11 is 0. The molecule has 0 saturated heterocycles. The summed E-state index contributed by atoms with van der Waals surface area (Å²) in [5, 5.41) is 12.4. The zero-order chi connectivity index (χ0) is 27.9. The first-order chi connectivity index (χ1) is 19.5. The fourth-order valence-corrected chi connectivity index (χ4v) is 6.25. The van der Waals surface area contributed by atoms with E-state index < -0.39 is 12.1 Å². The molecule has 1 saturated carbocycles. The second-order valence-corrected chi connectivity index (χ2v) is 10.8. The summed E-state index contributed by atoms with van der Waals surface area (Å²) in [6.45, 7) is 0.434. The van der Waals surface area contributed by atoms with Crippen molar-refractivity contribution < 1.29 is 24.2 Å². The molecule has 0 heterocycles. The molecule has 208 valence electrons. The van der Waals surface area contributed by atoms with Gasteiger partial charge in [-0.1, -0.05) is 105 Å². The number of benzene rings is 3. The molecule has 0 aliphatic heterocycles. The van der Waals surface area contributed by atoms with Crippen LogP contribution < -0.4 is 5.32 Å². The Morgan fingerprint density at radius 2 is 1.48 bits per heavy atom. The summed E-state index contributed by atoms with van der Waals surface area (Å²) in [5.41, 5.74) is 5.54. The summed E-state index contributed by atoms with van der Waals surface area (Å²) < 4.78 is 5.71. The quantitative estimate of drug-likeness (QED) is 0.319. The van der Waals surface area contributed by atoms with E-state index in [0.29, 0.717) is 12.5 Å². The SMILES string of the molecule is O=C(O)CN(Cc1ccccc1)C(=O)CC(CNC(=O)OCC1c2ccccc2-c2ccccc21)C1CCCC1. The molecule has 3 aromatic carbocycles. The highest BCUT2D eigenvalue weighted by Crippen LogP contribution is 2.44. The predicted octanol–water partition coefficient (Wildman–Crippen LogP) is 5.84. The van der Waals surface area contributed by atoms with Crippen LogP contribution in [0.3, 0.4) is 0 Å². The van der Waals surface area contributed by atoms with Crippen LogP contribution in [0.25, 0.3) is 11.1 Å². The third-order valence-electron chi connectivity index (χ3n) is 8.25. The Morgan fingerprint density at radius 3 is 2.10 bits per heavy atom. The normalized spacial score (nSPS) is 15.2. The molecule has 0 spiro atoms. The zero-order valence-electron chi connectivity index (χ0n) is 22.6. The number of hydrogen-bond acceptors (Lipinski definition) is 4. The van der Waals surface area contributed by atoms with Crippen LogP contribution in [0.5, 0.6) is 0 Å². The first-order valence-electron chi connectivity index (χ1n) is 14.1. The van der Waals surface area contributed by atoms with Crippen LogP contribution in [0.2, 0.25) is 0 Å². The first-order valence-corrected chi connectivity index (χ1v) is 14.1. The zero-order valence-corrected chi connectivity index (χ0v) is 22.6. The molecule has 3 aromatic rings. The molecular weight excluding hydrogens is 504 g/mol. The summed E-state index contributed by atoms with van der Waals surface area (Å²) in [6.07, 6.45) is 3.90. The Kier molecular flexibility index (Phi) is 8.79. The average molecular weight is 541 g/mol. The van der Waals surface area contributed by atoms with Crippen molar-refractivity contribution in [2.45, 2.75) is 44.6 Å². The molecule has 2 N–H and O–H groups in total. The number of alkyl carbamates (subject to hydrolysis) is 1. The lowest BCUT2D eigenvalue weighted by molar-refractivity contribution is -0.145. The minimum absolute atomic E-state index is 0.0204. The van der Waals surface area contributed by atoms with E-state index in [4.69, 9.17) is 4.74 Å². The van der Waals surface area contributed by atoms with Gasteiger partial charge in [-0.3, -0.25) is 9.59 Å². The van der Waals surface area contributed by atoms with E-state index in [1.54, 1.807) is 0 Å². The third-order valence-corrected chi connectivity index (χ3v) is 8.25. The molecule has 5 rings (SSSR count). The number of carbonyl (C=O) groups is 3. The van der Waals surface area contributed by atoms with Crippen molar-refractivity contribution >= 4 is 18.0 Å². The summed E-state index contributed by atoms with van der Waals surface area (Å²) in [7, 11) is 0. The molecule has 2 amide bonds. The summed E-state index contributed by atoms with van der Waals surface area (Å²) in [5.74, 6) is -1.05. The molecule has 7 heteroatoms. The van der Waals surface area contributed by atoms with Gasteiger partial charge in [0.25, 0.3) is 0 Å². The van der Waals surface area contributed by atoms with Crippen molar-refractivity contribution in [1.82, 2.24) is 10.2 Å². The van der Waals surface area contributed by atoms with Crippen molar-refractivity contribution in [3.63, 3.8) is 0 Å². The van der Waals surface area contributed by atoms with E-state index >= 15 is 0 Å². The van der Waals surface area contributed by atoms with Gasteiger partial charge in [0.15, 0.2) is 0 Å². The number of amides is 2. The number of carboxylic acids is 1. The number of fused-ring (bicyclic) bond motifs is 3. The highest BCUT2D eigenvalue weighted by atomic mass is 16.5. The Hall–Kier alpha value is -4.13. The van der Waals surface area contributed by atoms with Gasteiger partial charge >= 0.3 is 12.1 Å². The van der Waals surface area contributed by atoms with E-state index in [2.05, 4.69) is 29.6 Å². The lowest BCUT2D eigenvalue weighted by atomic mass is 9.87. The number of ether oxygens (including phenoxy) is 1. The van der Waals surface area contributed by atoms with Gasteiger partial charge in [0.1, 0.15) is 13.2 Å². The second kappa shape index (κ2) is 12.8. The Bertz CT molecular complexity index is 1290. The number of hydrogen-bond donors (Lipinski definition) is 2.